The Balaban J connectivity index is 4.20. The molecule has 0 heterocycles. The second-order valence-electron chi connectivity index (χ2n) is 4.18. The van der Waals surface area contributed by atoms with Crippen molar-refractivity contribution in [3.05, 3.63) is 0 Å². The number of urea groups is 1. The summed E-state index contributed by atoms with van der Waals surface area (Å²) >= 11 is 0. The van der Waals surface area contributed by atoms with E-state index in [-0.39, 0.29) is 18.9 Å². The molecule has 116 valence electrons. The van der Waals surface area contributed by atoms with Crippen LogP contribution >= 0.6 is 0 Å². The summed E-state index contributed by atoms with van der Waals surface area (Å²) < 4.78 is 9.54. The molecule has 8 heteroatoms. The molecule has 2 amide bonds. The summed E-state index contributed by atoms with van der Waals surface area (Å²) in [4.78, 5) is 33.5. The van der Waals surface area contributed by atoms with Crippen LogP contribution in [-0.4, -0.2) is 55.5 Å². The third-order valence-electron chi connectivity index (χ3n) is 2.42. The predicted octanol–water partition coefficient (Wildman–Crippen LogP) is 0.117. The maximum absolute atomic E-state index is 11.6. The SMILES string of the molecule is CCOCC(C)NC(=O)N[C@@H](CCC(=O)OC)C(=O)O. The van der Waals surface area contributed by atoms with E-state index >= 15 is 0 Å². The summed E-state index contributed by atoms with van der Waals surface area (Å²) in [5.41, 5.74) is 0. The third kappa shape index (κ3) is 8.30. The van der Waals surface area contributed by atoms with Crippen LogP contribution in [0.15, 0.2) is 0 Å². The number of hydrogen-bond donors (Lipinski definition) is 3. The Hall–Kier alpha value is -1.83. The normalized spacial score (nSPS) is 13.2. The Morgan fingerprint density at radius 2 is 1.90 bits per heavy atom. The van der Waals surface area contributed by atoms with Crippen molar-refractivity contribution in [1.82, 2.24) is 10.6 Å². The number of esters is 1. The lowest BCUT2D eigenvalue weighted by Gasteiger charge is -2.18. The number of nitrogens with one attached hydrogen (secondary N) is 2. The van der Waals surface area contributed by atoms with Gasteiger partial charge in [-0.2, -0.15) is 0 Å². The van der Waals surface area contributed by atoms with Gasteiger partial charge < -0.3 is 25.2 Å². The zero-order valence-corrected chi connectivity index (χ0v) is 12.0. The summed E-state index contributed by atoms with van der Waals surface area (Å²) in [6, 6.07) is -2.01. The first-order chi connectivity index (χ1) is 9.40. The third-order valence-corrected chi connectivity index (χ3v) is 2.42. The van der Waals surface area contributed by atoms with Gasteiger partial charge in [-0.25, -0.2) is 9.59 Å². The van der Waals surface area contributed by atoms with Crippen LogP contribution < -0.4 is 10.6 Å². The number of aliphatic carboxylic acids is 1. The Morgan fingerprint density at radius 3 is 2.40 bits per heavy atom. The van der Waals surface area contributed by atoms with Gasteiger partial charge in [0.1, 0.15) is 6.04 Å². The number of carbonyl (C=O) groups excluding carboxylic acids is 2. The van der Waals surface area contributed by atoms with Crippen molar-refractivity contribution in [2.75, 3.05) is 20.3 Å². The van der Waals surface area contributed by atoms with Gasteiger partial charge in [-0.3, -0.25) is 4.79 Å². The fraction of sp³-hybridized carbons (Fsp3) is 0.750. The molecule has 0 saturated carbocycles. The molecule has 0 aromatic heterocycles. The highest BCUT2D eigenvalue weighted by Crippen LogP contribution is 1.99. The smallest absolute Gasteiger partial charge is 0.326 e. The lowest BCUT2D eigenvalue weighted by molar-refractivity contribution is -0.142. The minimum absolute atomic E-state index is 0.0325. The van der Waals surface area contributed by atoms with Gasteiger partial charge in [0.15, 0.2) is 0 Å². The first-order valence-corrected chi connectivity index (χ1v) is 6.35. The minimum atomic E-state index is -1.21. The van der Waals surface area contributed by atoms with Crippen molar-refractivity contribution < 1.29 is 29.0 Å². The van der Waals surface area contributed by atoms with Crippen LogP contribution in [0.5, 0.6) is 0 Å². The van der Waals surface area contributed by atoms with E-state index in [0.29, 0.717) is 13.2 Å². The molecule has 2 atom stereocenters. The van der Waals surface area contributed by atoms with E-state index < -0.39 is 24.0 Å². The second kappa shape index (κ2) is 10.0. The molecule has 3 N–H and O–H groups in total. The lowest BCUT2D eigenvalue weighted by Crippen LogP contribution is -2.49. The van der Waals surface area contributed by atoms with Crippen LogP contribution in [0.4, 0.5) is 4.79 Å². The molecule has 0 rings (SSSR count). The molecular formula is C12H22N2O6. The topological polar surface area (TPSA) is 114 Å². The average molecular weight is 290 g/mol. The monoisotopic (exact) mass is 290 g/mol. The van der Waals surface area contributed by atoms with Crippen LogP contribution in [0, 0.1) is 0 Å². The van der Waals surface area contributed by atoms with Crippen molar-refractivity contribution in [1.29, 1.82) is 0 Å². The van der Waals surface area contributed by atoms with Gasteiger partial charge >= 0.3 is 18.0 Å². The highest BCUT2D eigenvalue weighted by molar-refractivity contribution is 5.83. The zero-order chi connectivity index (χ0) is 15.5. The fourth-order valence-electron chi connectivity index (χ4n) is 1.38. The van der Waals surface area contributed by atoms with Crippen LogP contribution in [0.1, 0.15) is 26.7 Å². The van der Waals surface area contributed by atoms with Crippen LogP contribution in [0.25, 0.3) is 0 Å². The molecule has 0 saturated heterocycles. The van der Waals surface area contributed by atoms with E-state index in [1.165, 1.54) is 7.11 Å². The predicted molar refractivity (Wildman–Crippen MR) is 70.3 cm³/mol. The average Bonchev–Trinajstić information content (AvgIpc) is 2.40. The van der Waals surface area contributed by atoms with E-state index in [2.05, 4.69) is 15.4 Å². The summed E-state index contributed by atoms with van der Waals surface area (Å²) in [6.07, 6.45) is -0.114. The van der Waals surface area contributed by atoms with E-state index in [9.17, 15) is 14.4 Å². The molecule has 0 aromatic carbocycles. The lowest BCUT2D eigenvalue weighted by atomic mass is 10.1. The van der Waals surface area contributed by atoms with Crippen LogP contribution in [0.3, 0.4) is 0 Å². The van der Waals surface area contributed by atoms with Gasteiger partial charge in [-0.15, -0.1) is 0 Å². The van der Waals surface area contributed by atoms with Crippen molar-refractivity contribution in [2.45, 2.75) is 38.8 Å². The Labute approximate surface area is 117 Å². The quantitative estimate of drug-likeness (QED) is 0.520. The first-order valence-electron chi connectivity index (χ1n) is 6.35. The number of ether oxygens (including phenoxy) is 2. The van der Waals surface area contributed by atoms with Crippen molar-refractivity contribution in [3.63, 3.8) is 0 Å². The Bertz CT molecular complexity index is 334. The molecule has 0 bridgehead atoms. The van der Waals surface area contributed by atoms with Crippen LogP contribution in [-0.2, 0) is 19.1 Å². The maximum atomic E-state index is 11.6. The number of amides is 2. The van der Waals surface area contributed by atoms with Crippen molar-refractivity contribution in [3.8, 4) is 0 Å². The molecule has 0 aliphatic rings. The first kappa shape index (κ1) is 18.2. The highest BCUT2D eigenvalue weighted by atomic mass is 16.5. The number of methoxy groups -OCH3 is 1. The van der Waals surface area contributed by atoms with Crippen molar-refractivity contribution >= 4 is 18.0 Å². The summed E-state index contributed by atoms with van der Waals surface area (Å²) in [5.74, 6) is -1.73. The standard InChI is InChI=1S/C12H22N2O6/c1-4-20-7-8(2)13-12(18)14-9(11(16)17)5-6-10(15)19-3/h8-9H,4-7H2,1-3H3,(H,16,17)(H2,13,14,18)/t8?,9-/m0/s1. The summed E-state index contributed by atoms with van der Waals surface area (Å²) in [5, 5.41) is 13.8. The number of carboxylic acid groups (broad SMARTS) is 1. The molecule has 0 aliphatic heterocycles. The number of carbonyl (C=O) groups is 3. The molecule has 8 nitrogen and oxygen atoms in total. The molecule has 0 spiro atoms. The maximum Gasteiger partial charge on any atom is 0.326 e. The van der Waals surface area contributed by atoms with Crippen LogP contribution in [0.2, 0.25) is 0 Å². The van der Waals surface area contributed by atoms with E-state index in [1.54, 1.807) is 6.92 Å². The van der Waals surface area contributed by atoms with Crippen molar-refractivity contribution in [2.24, 2.45) is 0 Å². The zero-order valence-electron chi connectivity index (χ0n) is 12.0. The van der Waals surface area contributed by atoms with Gasteiger partial charge in [0.25, 0.3) is 0 Å². The van der Waals surface area contributed by atoms with E-state index in [1.807, 2.05) is 6.92 Å². The highest BCUT2D eigenvalue weighted by Gasteiger charge is 2.21. The van der Waals surface area contributed by atoms with Gasteiger partial charge in [0.2, 0.25) is 0 Å². The molecular weight excluding hydrogens is 268 g/mol. The summed E-state index contributed by atoms with van der Waals surface area (Å²) in [7, 11) is 1.22. The number of carboxylic acids is 1. The van der Waals surface area contributed by atoms with E-state index in [4.69, 9.17) is 9.84 Å². The molecule has 0 fully saturated rings. The Kier molecular flexibility index (Phi) is 9.10. The largest absolute Gasteiger partial charge is 0.480 e. The summed E-state index contributed by atoms with van der Waals surface area (Å²) in [6.45, 7) is 4.44. The van der Waals surface area contributed by atoms with Gasteiger partial charge in [0, 0.05) is 13.0 Å². The molecule has 20 heavy (non-hydrogen) atoms. The Morgan fingerprint density at radius 1 is 1.25 bits per heavy atom. The second-order valence-corrected chi connectivity index (χ2v) is 4.18. The minimum Gasteiger partial charge on any atom is -0.480 e. The van der Waals surface area contributed by atoms with Gasteiger partial charge in [-0.05, 0) is 20.3 Å². The number of hydrogen-bond acceptors (Lipinski definition) is 5. The van der Waals surface area contributed by atoms with Gasteiger partial charge in [0.05, 0.1) is 19.8 Å². The van der Waals surface area contributed by atoms with Gasteiger partial charge in [-0.1, -0.05) is 0 Å². The molecule has 0 radical (unpaired) electrons. The van der Waals surface area contributed by atoms with E-state index in [0.717, 1.165) is 0 Å². The molecule has 1 unspecified atom stereocenters. The molecule has 0 aromatic rings. The number of rotatable bonds is 9. The fourth-order valence-corrected chi connectivity index (χ4v) is 1.38. The molecule has 0 aliphatic carbocycles.